The molecule has 0 saturated carbocycles. The zero-order valence-electron chi connectivity index (χ0n) is 15.8. The summed E-state index contributed by atoms with van der Waals surface area (Å²) in [6.45, 7) is 0. The molecule has 0 spiro atoms. The first kappa shape index (κ1) is 18.7. The highest BCUT2D eigenvalue weighted by Gasteiger charge is 2.23. The highest BCUT2D eigenvalue weighted by molar-refractivity contribution is 5.99. The number of nitrogens with zero attached hydrogens (tertiary/aromatic N) is 2. The molecule has 6 nitrogen and oxygen atoms in total. The molecule has 8 heteroatoms. The molecule has 0 amide bonds. The lowest BCUT2D eigenvalue weighted by Gasteiger charge is -2.15. The van der Waals surface area contributed by atoms with Gasteiger partial charge in [0.05, 0.1) is 31.0 Å². The van der Waals surface area contributed by atoms with Crippen LogP contribution in [0.25, 0.3) is 33.6 Å². The number of ether oxygens (including phenoxy) is 2. The maximum Gasteiger partial charge on any atom is 0.197 e. The molecule has 0 atom stereocenters. The van der Waals surface area contributed by atoms with Crippen LogP contribution >= 0.6 is 0 Å². The van der Waals surface area contributed by atoms with Gasteiger partial charge >= 0.3 is 0 Å². The van der Waals surface area contributed by atoms with Crippen LogP contribution in [0.1, 0.15) is 0 Å². The summed E-state index contributed by atoms with van der Waals surface area (Å²) in [6, 6.07) is 7.51. The molecule has 0 unspecified atom stereocenters. The summed E-state index contributed by atoms with van der Waals surface area (Å²) < 4.78 is 46.1. The van der Waals surface area contributed by atoms with Gasteiger partial charge in [-0.2, -0.15) is 5.10 Å². The molecule has 2 aromatic heterocycles. The van der Waals surface area contributed by atoms with Gasteiger partial charge in [0.1, 0.15) is 34.3 Å². The molecule has 0 aliphatic carbocycles. The molecule has 29 heavy (non-hydrogen) atoms. The van der Waals surface area contributed by atoms with Crippen molar-refractivity contribution >= 4 is 11.0 Å². The van der Waals surface area contributed by atoms with Gasteiger partial charge in [0.15, 0.2) is 11.0 Å². The third-order valence-electron chi connectivity index (χ3n) is 4.64. The van der Waals surface area contributed by atoms with E-state index in [4.69, 9.17) is 13.9 Å². The quantitative estimate of drug-likeness (QED) is 0.517. The van der Waals surface area contributed by atoms with Crippen LogP contribution in [0.3, 0.4) is 0 Å². The van der Waals surface area contributed by atoms with E-state index in [0.717, 1.165) is 18.2 Å². The average Bonchev–Trinajstić information content (AvgIpc) is 3.11. The summed E-state index contributed by atoms with van der Waals surface area (Å²) in [7, 11) is 4.62. The first-order valence-corrected chi connectivity index (χ1v) is 8.61. The molecule has 0 fully saturated rings. The van der Waals surface area contributed by atoms with E-state index in [1.165, 1.54) is 20.3 Å². The summed E-state index contributed by atoms with van der Waals surface area (Å²) in [5, 5.41) is 4.33. The second kappa shape index (κ2) is 7.05. The zero-order valence-corrected chi connectivity index (χ0v) is 15.8. The number of fused-ring (bicyclic) bond motifs is 1. The van der Waals surface area contributed by atoms with Crippen molar-refractivity contribution in [3.63, 3.8) is 0 Å². The van der Waals surface area contributed by atoms with E-state index < -0.39 is 17.1 Å². The molecule has 2 heterocycles. The Morgan fingerprint density at radius 1 is 1.03 bits per heavy atom. The van der Waals surface area contributed by atoms with Crippen molar-refractivity contribution in [3.05, 3.63) is 64.5 Å². The number of rotatable bonds is 4. The van der Waals surface area contributed by atoms with Crippen LogP contribution in [0, 0.1) is 11.6 Å². The van der Waals surface area contributed by atoms with E-state index in [-0.39, 0.29) is 28.0 Å². The maximum absolute atomic E-state index is 14.3. The predicted molar refractivity (Wildman–Crippen MR) is 103 cm³/mol. The topological polar surface area (TPSA) is 66.5 Å². The molecule has 0 radical (unpaired) electrons. The largest absolute Gasteiger partial charge is 0.496 e. The highest BCUT2D eigenvalue weighted by atomic mass is 19.1. The second-order valence-corrected chi connectivity index (χ2v) is 6.30. The van der Waals surface area contributed by atoms with E-state index in [2.05, 4.69) is 5.10 Å². The van der Waals surface area contributed by atoms with Crippen molar-refractivity contribution in [2.75, 3.05) is 14.2 Å². The summed E-state index contributed by atoms with van der Waals surface area (Å²) in [6.07, 6.45) is 1.59. The monoisotopic (exact) mass is 398 g/mol. The van der Waals surface area contributed by atoms with Crippen LogP contribution in [0.15, 0.2) is 51.8 Å². The number of hydrogen-bond donors (Lipinski definition) is 0. The van der Waals surface area contributed by atoms with Crippen LogP contribution in [0.4, 0.5) is 8.78 Å². The molecule has 2 aromatic carbocycles. The SMILES string of the molecule is COc1cc(OC)c2c(=O)cc(-c3ccc(F)cc3F)oc2c1-c1ccnn1C. The second-order valence-electron chi connectivity index (χ2n) is 6.30. The Morgan fingerprint density at radius 3 is 2.41 bits per heavy atom. The molecular formula is C21H16F2N2O4. The van der Waals surface area contributed by atoms with Gasteiger partial charge in [0.2, 0.25) is 0 Å². The van der Waals surface area contributed by atoms with Crippen LogP contribution < -0.4 is 14.9 Å². The predicted octanol–water partition coefficient (Wildman–Crippen LogP) is 4.16. The number of benzene rings is 2. The number of halogens is 2. The van der Waals surface area contributed by atoms with Crippen molar-refractivity contribution in [1.82, 2.24) is 9.78 Å². The Hall–Kier alpha value is -3.68. The molecule has 4 aromatic rings. The number of aromatic nitrogens is 2. The first-order chi connectivity index (χ1) is 13.9. The minimum Gasteiger partial charge on any atom is -0.496 e. The van der Waals surface area contributed by atoms with Gasteiger partial charge in [0.25, 0.3) is 0 Å². The van der Waals surface area contributed by atoms with E-state index >= 15 is 0 Å². The van der Waals surface area contributed by atoms with E-state index in [1.807, 2.05) is 0 Å². The third kappa shape index (κ3) is 3.02. The molecule has 0 N–H and O–H groups in total. The first-order valence-electron chi connectivity index (χ1n) is 8.61. The zero-order chi connectivity index (χ0) is 20.7. The van der Waals surface area contributed by atoms with Crippen LogP contribution in [0.2, 0.25) is 0 Å². The maximum atomic E-state index is 14.3. The molecule has 0 bridgehead atoms. The molecule has 0 saturated heterocycles. The fraction of sp³-hybridized carbons (Fsp3) is 0.143. The van der Waals surface area contributed by atoms with Crippen LogP contribution in [0.5, 0.6) is 11.5 Å². The highest BCUT2D eigenvalue weighted by Crippen LogP contribution is 2.42. The van der Waals surface area contributed by atoms with Gasteiger partial charge in [-0.25, -0.2) is 8.78 Å². The summed E-state index contributed by atoms with van der Waals surface area (Å²) in [5.74, 6) is -0.975. The van der Waals surface area contributed by atoms with Gasteiger partial charge in [-0.1, -0.05) is 0 Å². The summed E-state index contributed by atoms with van der Waals surface area (Å²) in [5.41, 5.74) is 0.756. The van der Waals surface area contributed by atoms with Gasteiger partial charge in [-0.3, -0.25) is 9.48 Å². The van der Waals surface area contributed by atoms with Crippen molar-refractivity contribution in [1.29, 1.82) is 0 Å². The van der Waals surface area contributed by atoms with Gasteiger partial charge in [0, 0.05) is 31.4 Å². The Balaban J connectivity index is 2.15. The average molecular weight is 398 g/mol. The number of hydrogen-bond acceptors (Lipinski definition) is 5. The molecule has 0 aliphatic rings. The standard InChI is InChI=1S/C21H16F2N2O4/c1-25-14(6-7-24-25)19-17(27-2)10-18(28-3)20-15(26)9-16(29-21(19)20)12-5-4-11(22)8-13(12)23/h4-10H,1-3H3. The molecule has 4 rings (SSSR count). The van der Waals surface area contributed by atoms with Crippen molar-refractivity contribution < 1.29 is 22.7 Å². The normalized spacial score (nSPS) is 11.1. The van der Waals surface area contributed by atoms with Crippen molar-refractivity contribution in [2.24, 2.45) is 7.05 Å². The Bertz CT molecular complexity index is 1290. The van der Waals surface area contributed by atoms with Gasteiger partial charge in [-0.05, 0) is 18.2 Å². The van der Waals surface area contributed by atoms with E-state index in [1.54, 1.807) is 30.1 Å². The lowest BCUT2D eigenvalue weighted by atomic mass is 10.0. The van der Waals surface area contributed by atoms with Crippen molar-refractivity contribution in [3.8, 4) is 34.1 Å². The number of aryl methyl sites for hydroxylation is 1. The van der Waals surface area contributed by atoms with Crippen LogP contribution in [-0.2, 0) is 7.05 Å². The molecular weight excluding hydrogens is 382 g/mol. The smallest absolute Gasteiger partial charge is 0.197 e. The number of methoxy groups -OCH3 is 2. The molecule has 0 aliphatic heterocycles. The lowest BCUT2D eigenvalue weighted by molar-refractivity contribution is 0.397. The van der Waals surface area contributed by atoms with Gasteiger partial charge < -0.3 is 13.9 Å². The van der Waals surface area contributed by atoms with Crippen molar-refractivity contribution in [2.45, 2.75) is 0 Å². The Morgan fingerprint density at radius 2 is 1.79 bits per heavy atom. The van der Waals surface area contributed by atoms with Gasteiger partial charge in [-0.15, -0.1) is 0 Å². The third-order valence-corrected chi connectivity index (χ3v) is 4.64. The Kier molecular flexibility index (Phi) is 4.54. The van der Waals surface area contributed by atoms with E-state index in [0.29, 0.717) is 17.0 Å². The lowest BCUT2D eigenvalue weighted by Crippen LogP contribution is -2.06. The fourth-order valence-corrected chi connectivity index (χ4v) is 3.28. The molecule has 148 valence electrons. The summed E-state index contributed by atoms with van der Waals surface area (Å²) >= 11 is 0. The minimum absolute atomic E-state index is 0.0388. The fourth-order valence-electron chi connectivity index (χ4n) is 3.28. The summed E-state index contributed by atoms with van der Waals surface area (Å²) in [4.78, 5) is 12.9. The van der Waals surface area contributed by atoms with Crippen LogP contribution in [-0.4, -0.2) is 24.0 Å². The van der Waals surface area contributed by atoms with E-state index in [9.17, 15) is 13.6 Å². The Labute approximate surface area is 163 Å². The minimum atomic E-state index is -0.843.